The molecule has 0 saturated carbocycles. The van der Waals surface area contributed by atoms with Crippen LogP contribution in [0.1, 0.15) is 53.6 Å². The zero-order chi connectivity index (χ0) is 29.3. The van der Waals surface area contributed by atoms with Gasteiger partial charge in [0.1, 0.15) is 13.2 Å². The van der Waals surface area contributed by atoms with Gasteiger partial charge in [0.05, 0.1) is 17.7 Å². The van der Waals surface area contributed by atoms with Crippen LogP contribution < -0.4 is 0 Å². The number of fused-ring (bicyclic) bond motifs is 1. The summed E-state index contributed by atoms with van der Waals surface area (Å²) in [6.07, 6.45) is 4.37. The Balaban J connectivity index is 1.26. The van der Waals surface area contributed by atoms with E-state index >= 15 is 0 Å². The van der Waals surface area contributed by atoms with E-state index in [1.54, 1.807) is 9.80 Å². The number of benzene rings is 2. The number of amides is 3. The summed E-state index contributed by atoms with van der Waals surface area (Å²) in [4.78, 5) is 43.2. The molecule has 0 bridgehead atoms. The summed E-state index contributed by atoms with van der Waals surface area (Å²) in [7, 11) is 1.45. The number of hydrogen-bond acceptors (Lipinski definition) is 5. The Kier molecular flexibility index (Phi) is 9.16. The first kappa shape index (κ1) is 29.7. The van der Waals surface area contributed by atoms with Gasteiger partial charge in [0, 0.05) is 25.2 Å². The minimum atomic E-state index is -0.370. The predicted molar refractivity (Wildman–Crippen MR) is 166 cm³/mol. The summed E-state index contributed by atoms with van der Waals surface area (Å²) >= 11 is 11.4. The van der Waals surface area contributed by atoms with Crippen LogP contribution in [-0.2, 0) is 48.0 Å². The molecule has 2 aromatic carbocycles. The molecule has 1 fully saturated rings. The molecule has 1 saturated heterocycles. The van der Waals surface area contributed by atoms with Crippen LogP contribution >= 0.6 is 11.6 Å². The van der Waals surface area contributed by atoms with Crippen LogP contribution in [0, 0.1) is 12.8 Å². The van der Waals surface area contributed by atoms with Crippen molar-refractivity contribution in [1.82, 2.24) is 14.7 Å². The maximum absolute atomic E-state index is 13.2. The number of rotatable bonds is 7. The molecule has 3 atom stereocenters. The van der Waals surface area contributed by atoms with E-state index in [9.17, 15) is 14.4 Å². The molecule has 218 valence electrons. The summed E-state index contributed by atoms with van der Waals surface area (Å²) in [5.74, 6) is 1.14. The summed E-state index contributed by atoms with van der Waals surface area (Å²) in [6, 6.07) is 12.2. The topological polar surface area (TPSA) is 70.2 Å². The van der Waals surface area contributed by atoms with Crippen LogP contribution in [0.15, 0.2) is 42.5 Å². The Bertz CT molecular complexity index is 1410. The standard InChI is InChI=1S/C31H36ClN3O4S2/c1-4-22-14-25-6-5-24(23-7-9-34(10-8-23)28(36)16-35-19-41(40)18-29(35)37)15-27(25)30(22)33(3)31(38)39-17-21-11-20(2)12-26(32)13-21/h5-7,11-13,15,22,30H,4,8-10,14,16-19H2,1-3H3. The van der Waals surface area contributed by atoms with Gasteiger partial charge in [0.25, 0.3) is 0 Å². The molecule has 0 aromatic heterocycles. The smallest absolute Gasteiger partial charge is 0.410 e. The highest BCUT2D eigenvalue weighted by molar-refractivity contribution is 8.29. The molecule has 0 spiro atoms. The first-order valence-electron chi connectivity index (χ1n) is 14.0. The number of halogens is 1. The van der Waals surface area contributed by atoms with Gasteiger partial charge in [-0.2, -0.15) is 0 Å². The van der Waals surface area contributed by atoms with Gasteiger partial charge in [-0.3, -0.25) is 9.59 Å². The molecule has 41 heavy (non-hydrogen) atoms. The Morgan fingerprint density at radius 3 is 2.68 bits per heavy atom. The van der Waals surface area contributed by atoms with Crippen molar-refractivity contribution in [2.24, 2.45) is 5.92 Å². The monoisotopic (exact) mass is 613 g/mol. The molecular weight excluding hydrogens is 578 g/mol. The summed E-state index contributed by atoms with van der Waals surface area (Å²) in [5.41, 5.74) is 6.64. The van der Waals surface area contributed by atoms with Gasteiger partial charge in [-0.05, 0) is 88.5 Å². The molecule has 3 amide bonds. The van der Waals surface area contributed by atoms with E-state index in [4.69, 9.17) is 27.5 Å². The largest absolute Gasteiger partial charge is 0.445 e. The third kappa shape index (κ3) is 6.68. The highest BCUT2D eigenvalue weighted by Crippen LogP contribution is 2.43. The van der Waals surface area contributed by atoms with Gasteiger partial charge in [0.2, 0.25) is 11.8 Å². The second-order valence-corrected chi connectivity index (χ2v) is 14.4. The van der Waals surface area contributed by atoms with Crippen LogP contribution in [0.5, 0.6) is 0 Å². The second-order valence-electron chi connectivity index (χ2n) is 11.2. The average molecular weight is 614 g/mol. The van der Waals surface area contributed by atoms with Crippen LogP contribution in [0.2, 0.25) is 5.02 Å². The average Bonchev–Trinajstić information content (AvgIpc) is 3.48. The van der Waals surface area contributed by atoms with Crippen LogP contribution in [0.4, 0.5) is 4.79 Å². The molecule has 0 N–H and O–H groups in total. The van der Waals surface area contributed by atoms with Crippen molar-refractivity contribution in [1.29, 1.82) is 0 Å². The van der Waals surface area contributed by atoms with Gasteiger partial charge in [-0.25, -0.2) is 4.79 Å². The Morgan fingerprint density at radius 2 is 2.02 bits per heavy atom. The lowest BCUT2D eigenvalue weighted by Crippen LogP contribution is -2.42. The SMILES string of the molecule is CCC1Cc2ccc(C3=CCN(C(=O)CN4CS(=S)CC4=O)CC3)cc2C1N(C)C(=O)OCc1cc(C)cc(Cl)c1. The predicted octanol–water partition coefficient (Wildman–Crippen LogP) is 5.04. The molecule has 2 aromatic rings. The van der Waals surface area contributed by atoms with Crippen LogP contribution in [0.25, 0.3) is 5.57 Å². The lowest BCUT2D eigenvalue weighted by molar-refractivity contribution is -0.137. The molecule has 3 aliphatic rings. The molecule has 3 unspecified atom stereocenters. The molecule has 7 nitrogen and oxygen atoms in total. The molecule has 2 aliphatic heterocycles. The fourth-order valence-electron chi connectivity index (χ4n) is 6.13. The van der Waals surface area contributed by atoms with Gasteiger partial charge < -0.3 is 19.4 Å². The van der Waals surface area contributed by atoms with Crippen molar-refractivity contribution in [2.45, 2.75) is 45.8 Å². The van der Waals surface area contributed by atoms with E-state index in [0.29, 0.717) is 35.7 Å². The highest BCUT2D eigenvalue weighted by atomic mass is 35.5. The maximum Gasteiger partial charge on any atom is 0.410 e. The Hall–Kier alpha value is -2.75. The molecule has 1 aliphatic carbocycles. The van der Waals surface area contributed by atoms with Gasteiger partial charge in [-0.1, -0.05) is 58.7 Å². The number of ether oxygens (including phenoxy) is 1. The third-order valence-electron chi connectivity index (χ3n) is 8.28. The Morgan fingerprint density at radius 1 is 1.22 bits per heavy atom. The van der Waals surface area contributed by atoms with Crippen molar-refractivity contribution < 1.29 is 19.1 Å². The maximum atomic E-state index is 13.2. The number of hydrogen-bond donors (Lipinski definition) is 0. The lowest BCUT2D eigenvalue weighted by atomic mass is 9.93. The lowest BCUT2D eigenvalue weighted by Gasteiger charge is -2.30. The number of nitrogens with zero attached hydrogens (tertiary/aromatic N) is 3. The van der Waals surface area contributed by atoms with E-state index in [1.807, 2.05) is 37.1 Å². The fourth-order valence-corrected chi connectivity index (χ4v) is 8.26. The number of carbonyl (C=O) groups excluding carboxylic acids is 3. The van der Waals surface area contributed by atoms with Crippen molar-refractivity contribution in [3.05, 3.63) is 75.3 Å². The summed E-state index contributed by atoms with van der Waals surface area (Å²) in [5, 5.41) is 0.629. The zero-order valence-electron chi connectivity index (χ0n) is 23.7. The molecule has 0 radical (unpaired) electrons. The Labute approximate surface area is 254 Å². The highest BCUT2D eigenvalue weighted by Gasteiger charge is 2.37. The van der Waals surface area contributed by atoms with Crippen molar-refractivity contribution in [2.75, 3.05) is 38.3 Å². The molecule has 5 rings (SSSR count). The van der Waals surface area contributed by atoms with Crippen LogP contribution in [0.3, 0.4) is 0 Å². The van der Waals surface area contributed by atoms with Crippen molar-refractivity contribution in [3.8, 4) is 0 Å². The molecule has 10 heteroatoms. The van der Waals surface area contributed by atoms with Gasteiger partial charge >= 0.3 is 6.09 Å². The molecular formula is C31H36ClN3O4S2. The second kappa shape index (κ2) is 12.6. The number of aryl methyl sites for hydroxylation is 1. The van der Waals surface area contributed by atoms with Crippen LogP contribution in [-0.4, -0.2) is 70.9 Å². The minimum absolute atomic E-state index is 0.0172. The summed E-state index contributed by atoms with van der Waals surface area (Å²) < 4.78 is 5.71. The normalized spacial score (nSPS) is 22.0. The van der Waals surface area contributed by atoms with Gasteiger partial charge in [-0.15, -0.1) is 0 Å². The first-order chi connectivity index (χ1) is 19.6. The first-order valence-corrected chi connectivity index (χ1v) is 16.9. The third-order valence-corrected chi connectivity index (χ3v) is 10.3. The van der Waals surface area contributed by atoms with Crippen molar-refractivity contribution >= 4 is 55.7 Å². The van der Waals surface area contributed by atoms with E-state index < -0.39 is 0 Å². The molecule has 2 heterocycles. The van der Waals surface area contributed by atoms with Crippen molar-refractivity contribution in [3.63, 3.8) is 0 Å². The summed E-state index contributed by atoms with van der Waals surface area (Å²) in [6.45, 7) is 5.54. The zero-order valence-corrected chi connectivity index (χ0v) is 26.1. The van der Waals surface area contributed by atoms with E-state index in [-0.39, 0.29) is 46.6 Å². The fraction of sp³-hybridized carbons (Fsp3) is 0.452. The minimum Gasteiger partial charge on any atom is -0.445 e. The van der Waals surface area contributed by atoms with E-state index in [0.717, 1.165) is 36.0 Å². The van der Waals surface area contributed by atoms with Gasteiger partial charge in [0.15, 0.2) is 0 Å². The number of carbonyl (C=O) groups is 3. The van der Waals surface area contributed by atoms with E-state index in [2.05, 4.69) is 31.2 Å². The van der Waals surface area contributed by atoms with E-state index in [1.165, 1.54) is 16.7 Å². The quantitative estimate of drug-likeness (QED) is 0.438.